The van der Waals surface area contributed by atoms with Gasteiger partial charge in [-0.2, -0.15) is 0 Å². The van der Waals surface area contributed by atoms with Crippen molar-refractivity contribution in [2.24, 2.45) is 5.92 Å². The highest BCUT2D eigenvalue weighted by molar-refractivity contribution is 5.94. The number of benzene rings is 1. The summed E-state index contributed by atoms with van der Waals surface area (Å²) in [6.45, 7) is 4.74. The van der Waals surface area contributed by atoms with Crippen molar-refractivity contribution in [1.82, 2.24) is 14.7 Å². The Morgan fingerprint density at radius 3 is 2.34 bits per heavy atom. The highest BCUT2D eigenvalue weighted by atomic mass is 16.6. The Morgan fingerprint density at radius 1 is 1.00 bits per heavy atom. The minimum absolute atomic E-state index is 0.000459. The van der Waals surface area contributed by atoms with Gasteiger partial charge in [0.15, 0.2) is 0 Å². The van der Waals surface area contributed by atoms with Crippen LogP contribution in [0, 0.1) is 12.8 Å². The van der Waals surface area contributed by atoms with Gasteiger partial charge in [0, 0.05) is 57.0 Å². The van der Waals surface area contributed by atoms with E-state index in [1.807, 2.05) is 41.0 Å². The van der Waals surface area contributed by atoms with Gasteiger partial charge < -0.3 is 14.5 Å². The van der Waals surface area contributed by atoms with Crippen LogP contribution in [0.1, 0.15) is 41.6 Å². The normalized spacial score (nSPS) is 25.8. The molecule has 1 spiro atoms. The van der Waals surface area contributed by atoms with E-state index in [9.17, 15) is 14.4 Å². The molecule has 0 bridgehead atoms. The van der Waals surface area contributed by atoms with Gasteiger partial charge in [-0.1, -0.05) is 17.7 Å². The molecule has 3 heterocycles. The first-order valence-corrected chi connectivity index (χ1v) is 10.6. The van der Waals surface area contributed by atoms with Crippen LogP contribution in [-0.2, 0) is 9.53 Å². The summed E-state index contributed by atoms with van der Waals surface area (Å²) in [4.78, 5) is 43.5. The van der Waals surface area contributed by atoms with Gasteiger partial charge in [-0.25, -0.2) is 4.79 Å². The highest BCUT2D eigenvalue weighted by Gasteiger charge is 2.57. The topological polar surface area (TPSA) is 70.2 Å². The van der Waals surface area contributed by atoms with Gasteiger partial charge in [-0.3, -0.25) is 14.5 Å². The SMILES string of the molecule is Cc1ccc(C(=O)N2CCN3C(=O)OC4(CCN(C(=O)C5CC5)CC4)C3C2)cc1. The molecule has 0 aromatic heterocycles. The maximum atomic E-state index is 13.0. The smallest absolute Gasteiger partial charge is 0.410 e. The Bertz CT molecular complexity index is 840. The van der Waals surface area contributed by atoms with E-state index in [2.05, 4.69) is 0 Å². The lowest BCUT2D eigenvalue weighted by atomic mass is 9.82. The van der Waals surface area contributed by atoms with E-state index < -0.39 is 5.60 Å². The minimum atomic E-state index is -0.594. The lowest BCUT2D eigenvalue weighted by Crippen LogP contribution is -2.61. The molecule has 3 aliphatic heterocycles. The molecular weight excluding hydrogens is 370 g/mol. The van der Waals surface area contributed by atoms with E-state index >= 15 is 0 Å². The number of nitrogens with zero attached hydrogens (tertiary/aromatic N) is 3. The van der Waals surface area contributed by atoms with Crippen LogP contribution in [0.2, 0.25) is 0 Å². The lowest BCUT2D eigenvalue weighted by Gasteiger charge is -2.45. The summed E-state index contributed by atoms with van der Waals surface area (Å²) in [5.41, 5.74) is 1.20. The molecule has 154 valence electrons. The first-order valence-electron chi connectivity index (χ1n) is 10.6. The number of hydrogen-bond acceptors (Lipinski definition) is 4. The number of ether oxygens (including phenoxy) is 1. The summed E-state index contributed by atoms with van der Waals surface area (Å²) in [5.74, 6) is 0.463. The molecule has 3 saturated heterocycles. The van der Waals surface area contributed by atoms with Crippen molar-refractivity contribution < 1.29 is 19.1 Å². The van der Waals surface area contributed by atoms with Crippen molar-refractivity contribution in [1.29, 1.82) is 0 Å². The maximum absolute atomic E-state index is 13.0. The fourth-order valence-electron chi connectivity index (χ4n) is 4.94. The molecule has 4 fully saturated rings. The van der Waals surface area contributed by atoms with Crippen molar-refractivity contribution in [3.05, 3.63) is 35.4 Å². The molecule has 29 heavy (non-hydrogen) atoms. The number of aryl methyl sites for hydroxylation is 1. The molecule has 1 aromatic rings. The Labute approximate surface area is 170 Å². The number of likely N-dealkylation sites (tertiary alicyclic amines) is 1. The van der Waals surface area contributed by atoms with E-state index in [4.69, 9.17) is 4.74 Å². The number of rotatable bonds is 2. The standard InChI is InChI=1S/C22H27N3O4/c1-15-2-4-16(5-3-15)20(27)24-12-13-25-18(14-24)22(29-21(25)28)8-10-23(11-9-22)19(26)17-6-7-17/h2-5,17-18H,6-14H2,1H3. The molecule has 7 heteroatoms. The monoisotopic (exact) mass is 397 g/mol. The number of piperidine rings is 1. The number of amides is 3. The predicted octanol–water partition coefficient (Wildman–Crippen LogP) is 2.04. The van der Waals surface area contributed by atoms with Gasteiger partial charge in [0.05, 0.1) is 6.04 Å². The maximum Gasteiger partial charge on any atom is 0.410 e. The molecule has 1 aliphatic carbocycles. The van der Waals surface area contributed by atoms with E-state index in [1.165, 1.54) is 0 Å². The zero-order valence-corrected chi connectivity index (χ0v) is 16.8. The van der Waals surface area contributed by atoms with Gasteiger partial charge in [-0.05, 0) is 31.9 Å². The molecule has 1 aromatic carbocycles. The van der Waals surface area contributed by atoms with E-state index in [0.29, 0.717) is 51.1 Å². The van der Waals surface area contributed by atoms with Gasteiger partial charge in [-0.15, -0.1) is 0 Å². The van der Waals surface area contributed by atoms with Crippen molar-refractivity contribution in [3.8, 4) is 0 Å². The van der Waals surface area contributed by atoms with Gasteiger partial charge in [0.25, 0.3) is 5.91 Å². The highest BCUT2D eigenvalue weighted by Crippen LogP contribution is 2.41. The summed E-state index contributed by atoms with van der Waals surface area (Å²) >= 11 is 0. The zero-order chi connectivity index (χ0) is 20.2. The Kier molecular flexibility index (Phi) is 4.29. The third-order valence-electron chi connectivity index (χ3n) is 6.95. The van der Waals surface area contributed by atoms with Gasteiger partial charge >= 0.3 is 6.09 Å². The van der Waals surface area contributed by atoms with E-state index in [1.54, 1.807) is 4.90 Å². The molecule has 3 amide bonds. The number of fused-ring (bicyclic) bond motifs is 2. The second-order valence-electron chi connectivity index (χ2n) is 8.86. The molecule has 1 saturated carbocycles. The minimum Gasteiger partial charge on any atom is -0.440 e. The molecule has 0 radical (unpaired) electrons. The van der Waals surface area contributed by atoms with Gasteiger partial charge in [0.1, 0.15) is 5.60 Å². The third-order valence-corrected chi connectivity index (χ3v) is 6.95. The van der Waals surface area contributed by atoms with Crippen molar-refractivity contribution >= 4 is 17.9 Å². The van der Waals surface area contributed by atoms with Crippen molar-refractivity contribution in [2.45, 2.75) is 44.2 Å². The van der Waals surface area contributed by atoms with Gasteiger partial charge in [0.2, 0.25) is 5.91 Å². The van der Waals surface area contributed by atoms with Crippen LogP contribution >= 0.6 is 0 Å². The summed E-state index contributed by atoms with van der Waals surface area (Å²) in [6.07, 6.45) is 3.01. The van der Waals surface area contributed by atoms with Crippen LogP contribution in [0.4, 0.5) is 4.79 Å². The second kappa shape index (κ2) is 6.75. The van der Waals surface area contributed by atoms with Crippen LogP contribution in [-0.4, -0.2) is 77.0 Å². The van der Waals surface area contributed by atoms with Crippen LogP contribution < -0.4 is 0 Å². The van der Waals surface area contributed by atoms with Crippen molar-refractivity contribution in [2.75, 3.05) is 32.7 Å². The molecule has 5 rings (SSSR count). The molecule has 1 unspecified atom stereocenters. The quantitative estimate of drug-likeness (QED) is 0.766. The third kappa shape index (κ3) is 3.16. The predicted molar refractivity (Wildman–Crippen MR) is 105 cm³/mol. The Morgan fingerprint density at radius 2 is 1.69 bits per heavy atom. The summed E-state index contributed by atoms with van der Waals surface area (Å²) in [7, 11) is 0. The Balaban J connectivity index is 1.31. The summed E-state index contributed by atoms with van der Waals surface area (Å²) in [5, 5.41) is 0. The molecule has 7 nitrogen and oxygen atoms in total. The Hall–Kier alpha value is -2.57. The van der Waals surface area contributed by atoms with Crippen LogP contribution in [0.15, 0.2) is 24.3 Å². The van der Waals surface area contributed by atoms with E-state index in [0.717, 1.165) is 18.4 Å². The van der Waals surface area contributed by atoms with Crippen molar-refractivity contribution in [3.63, 3.8) is 0 Å². The fraction of sp³-hybridized carbons (Fsp3) is 0.591. The first kappa shape index (κ1) is 18.5. The zero-order valence-electron chi connectivity index (χ0n) is 16.8. The number of hydrogen-bond donors (Lipinski definition) is 0. The van der Waals surface area contributed by atoms with Crippen LogP contribution in [0.5, 0.6) is 0 Å². The number of piperazine rings is 1. The van der Waals surface area contributed by atoms with Crippen LogP contribution in [0.25, 0.3) is 0 Å². The molecule has 1 atom stereocenters. The number of carbonyl (C=O) groups excluding carboxylic acids is 3. The summed E-state index contributed by atoms with van der Waals surface area (Å²) in [6, 6.07) is 7.46. The lowest BCUT2D eigenvalue weighted by molar-refractivity contribution is -0.136. The van der Waals surface area contributed by atoms with E-state index in [-0.39, 0.29) is 29.9 Å². The summed E-state index contributed by atoms with van der Waals surface area (Å²) < 4.78 is 5.90. The fourth-order valence-corrected chi connectivity index (χ4v) is 4.94. The average Bonchev–Trinajstić information content (AvgIpc) is 3.55. The van der Waals surface area contributed by atoms with Crippen LogP contribution in [0.3, 0.4) is 0 Å². The average molecular weight is 397 g/mol. The first-order chi connectivity index (χ1) is 14.0. The molecular formula is C22H27N3O4. The molecule has 4 aliphatic rings. The number of carbonyl (C=O) groups is 3. The second-order valence-corrected chi connectivity index (χ2v) is 8.86. The largest absolute Gasteiger partial charge is 0.440 e. The molecule has 0 N–H and O–H groups in total.